The monoisotopic (exact) mass is 728 g/mol. The minimum atomic E-state index is -2.45. The van der Waals surface area contributed by atoms with E-state index in [4.69, 9.17) is 0 Å². The fourth-order valence-corrected chi connectivity index (χ4v) is 7.71. The van der Waals surface area contributed by atoms with E-state index in [1.807, 2.05) is 0 Å². The highest BCUT2D eigenvalue weighted by Gasteiger charge is 2.57. The average Bonchev–Trinajstić information content (AvgIpc) is 3.09. The lowest BCUT2D eigenvalue weighted by molar-refractivity contribution is -0.147. The lowest BCUT2D eigenvalue weighted by Crippen LogP contribution is -2.63. The summed E-state index contributed by atoms with van der Waals surface area (Å²) in [6.45, 7) is 4.58. The molecular formula is C40H73NO8S. The van der Waals surface area contributed by atoms with Crippen molar-refractivity contribution in [3.63, 3.8) is 0 Å². The maximum Gasteiger partial charge on any atom is 0.328 e. The third-order valence-electron chi connectivity index (χ3n) is 9.55. The molecule has 0 fully saturated rings. The molecule has 0 aliphatic rings. The van der Waals surface area contributed by atoms with Crippen LogP contribution in [0, 0.1) is 0 Å². The Kier molecular flexibility index (Phi) is 30.8. The van der Waals surface area contributed by atoms with Gasteiger partial charge in [0, 0.05) is 19.8 Å². The number of Topliss-reactive ketones (excluding diaryl/α,β-unsaturated/α-hetero) is 2. The van der Waals surface area contributed by atoms with Crippen molar-refractivity contribution in [2.75, 3.05) is 6.61 Å². The second-order valence-electron chi connectivity index (χ2n) is 14.2. The Labute approximate surface area is 308 Å². The largest absolute Gasteiger partial charge is 0.480 e. The number of nitrogens with one attached hydrogen (secondary N) is 1. The SMILES string of the molecule is CCCCCCCCCCCCCCCC(=O)C(SC(=O)C(O)CO)(C(=O)CCCCCCCCCCCCCCC)[C@H](NC(C)=O)C(=O)O. The lowest BCUT2D eigenvalue weighted by atomic mass is 9.84. The van der Waals surface area contributed by atoms with Gasteiger partial charge in [0.25, 0.3) is 0 Å². The van der Waals surface area contributed by atoms with E-state index < -0.39 is 52.1 Å². The van der Waals surface area contributed by atoms with Crippen LogP contribution in [0.1, 0.15) is 201 Å². The average molecular weight is 728 g/mol. The van der Waals surface area contributed by atoms with Gasteiger partial charge in [-0.25, -0.2) is 4.79 Å². The summed E-state index contributed by atoms with van der Waals surface area (Å²) in [6.07, 6.45) is 26.3. The fraction of sp³-hybridized carbons (Fsp3) is 0.875. The van der Waals surface area contributed by atoms with Crippen LogP contribution in [0.4, 0.5) is 0 Å². The molecule has 0 saturated heterocycles. The van der Waals surface area contributed by atoms with E-state index in [1.54, 1.807) is 0 Å². The van der Waals surface area contributed by atoms with Crippen LogP contribution in [0.2, 0.25) is 0 Å². The zero-order chi connectivity index (χ0) is 37.5. The van der Waals surface area contributed by atoms with E-state index in [9.17, 15) is 39.3 Å². The minimum absolute atomic E-state index is 0.138. The van der Waals surface area contributed by atoms with E-state index in [-0.39, 0.29) is 24.6 Å². The van der Waals surface area contributed by atoms with E-state index in [0.29, 0.717) is 25.7 Å². The van der Waals surface area contributed by atoms with Gasteiger partial charge in [0.15, 0.2) is 22.4 Å². The molecule has 0 aromatic heterocycles. The highest BCUT2D eigenvalue weighted by atomic mass is 32.2. The molecule has 0 bridgehead atoms. The Bertz CT molecular complexity index is 885. The summed E-state index contributed by atoms with van der Waals surface area (Å²) in [7, 11) is 0. The van der Waals surface area contributed by atoms with Crippen LogP contribution in [0.25, 0.3) is 0 Å². The minimum Gasteiger partial charge on any atom is -0.480 e. The molecule has 0 rings (SSSR count). The van der Waals surface area contributed by atoms with Gasteiger partial charge in [0.05, 0.1) is 6.61 Å². The highest BCUT2D eigenvalue weighted by Crippen LogP contribution is 2.37. The van der Waals surface area contributed by atoms with Crippen LogP contribution in [-0.2, 0) is 24.0 Å². The Balaban J connectivity index is 5.27. The summed E-state index contributed by atoms with van der Waals surface area (Å²) in [5.41, 5.74) is 0. The van der Waals surface area contributed by atoms with Gasteiger partial charge in [-0.05, 0) is 12.8 Å². The number of ketones is 2. The number of aliphatic hydroxyl groups is 2. The molecule has 0 radical (unpaired) electrons. The van der Waals surface area contributed by atoms with Gasteiger partial charge >= 0.3 is 5.97 Å². The number of thioether (sulfide) groups is 1. The summed E-state index contributed by atoms with van der Waals surface area (Å²) < 4.78 is -2.45. The van der Waals surface area contributed by atoms with Gasteiger partial charge in [-0.2, -0.15) is 0 Å². The quantitative estimate of drug-likeness (QED) is 0.0365. The van der Waals surface area contributed by atoms with Crippen molar-refractivity contribution in [2.24, 2.45) is 0 Å². The molecule has 2 atom stereocenters. The van der Waals surface area contributed by atoms with Gasteiger partial charge < -0.3 is 20.6 Å². The molecule has 9 nitrogen and oxygen atoms in total. The molecule has 1 unspecified atom stereocenters. The predicted octanol–water partition coefficient (Wildman–Crippen LogP) is 9.03. The smallest absolute Gasteiger partial charge is 0.328 e. The summed E-state index contributed by atoms with van der Waals surface area (Å²) in [6, 6.07) is -2.00. The summed E-state index contributed by atoms with van der Waals surface area (Å²) in [5.74, 6) is -3.87. The Morgan fingerprint density at radius 1 is 0.560 bits per heavy atom. The molecule has 50 heavy (non-hydrogen) atoms. The maximum atomic E-state index is 14.0. The van der Waals surface area contributed by atoms with Gasteiger partial charge in [-0.3, -0.25) is 19.2 Å². The first-order valence-corrected chi connectivity index (χ1v) is 21.0. The number of carbonyl (C=O) groups excluding carboxylic acids is 4. The molecule has 10 heteroatoms. The number of amides is 1. The molecule has 0 heterocycles. The van der Waals surface area contributed by atoms with E-state index >= 15 is 0 Å². The maximum absolute atomic E-state index is 14.0. The summed E-state index contributed by atoms with van der Waals surface area (Å²) in [4.78, 5) is 65.5. The number of aliphatic carboxylic acids is 1. The third-order valence-corrected chi connectivity index (χ3v) is 11.0. The van der Waals surface area contributed by atoms with Gasteiger partial charge in [-0.1, -0.05) is 180 Å². The summed E-state index contributed by atoms with van der Waals surface area (Å²) in [5, 5.41) is 30.8. The highest BCUT2D eigenvalue weighted by molar-refractivity contribution is 8.16. The summed E-state index contributed by atoms with van der Waals surface area (Å²) >= 11 is 0.147. The molecule has 1 amide bonds. The first kappa shape index (κ1) is 48.2. The molecular weight excluding hydrogens is 655 g/mol. The van der Waals surface area contributed by atoms with Crippen LogP contribution in [0.5, 0.6) is 0 Å². The first-order chi connectivity index (χ1) is 24.1. The van der Waals surface area contributed by atoms with Gasteiger partial charge in [0.1, 0.15) is 6.10 Å². The molecule has 292 valence electrons. The van der Waals surface area contributed by atoms with Crippen molar-refractivity contribution in [3.05, 3.63) is 0 Å². The number of carbonyl (C=O) groups is 5. The molecule has 0 saturated carbocycles. The number of rotatable bonds is 36. The Morgan fingerprint density at radius 3 is 1.12 bits per heavy atom. The predicted molar refractivity (Wildman–Crippen MR) is 204 cm³/mol. The van der Waals surface area contributed by atoms with E-state index in [1.165, 1.54) is 103 Å². The van der Waals surface area contributed by atoms with Crippen molar-refractivity contribution in [1.82, 2.24) is 5.32 Å². The van der Waals surface area contributed by atoms with Crippen molar-refractivity contribution in [1.29, 1.82) is 0 Å². The number of aliphatic hydroxyl groups excluding tert-OH is 2. The molecule has 0 aromatic carbocycles. The second kappa shape index (κ2) is 31.9. The molecule has 4 N–H and O–H groups in total. The van der Waals surface area contributed by atoms with E-state index in [0.717, 1.165) is 45.4 Å². The fourth-order valence-electron chi connectivity index (χ4n) is 6.47. The van der Waals surface area contributed by atoms with Gasteiger partial charge in [0.2, 0.25) is 11.0 Å². The number of unbranched alkanes of at least 4 members (excludes halogenated alkanes) is 24. The zero-order valence-corrected chi connectivity index (χ0v) is 32.8. The van der Waals surface area contributed by atoms with Crippen molar-refractivity contribution in [3.8, 4) is 0 Å². The number of hydrogen-bond donors (Lipinski definition) is 4. The second-order valence-corrected chi connectivity index (χ2v) is 15.4. The van der Waals surface area contributed by atoms with Crippen LogP contribution in [-0.4, -0.2) is 67.4 Å². The number of carboxylic acid groups (broad SMARTS) is 1. The molecule has 0 aliphatic heterocycles. The molecule has 0 spiro atoms. The Hall–Kier alpha value is -1.78. The van der Waals surface area contributed by atoms with Crippen LogP contribution >= 0.6 is 11.8 Å². The first-order valence-electron chi connectivity index (χ1n) is 20.2. The Morgan fingerprint density at radius 2 is 0.860 bits per heavy atom. The molecule has 0 aliphatic carbocycles. The lowest BCUT2D eigenvalue weighted by Gasteiger charge is -2.35. The molecule has 0 aromatic rings. The zero-order valence-electron chi connectivity index (χ0n) is 32.0. The topological polar surface area (TPSA) is 158 Å². The number of carboxylic acids is 1. The van der Waals surface area contributed by atoms with Crippen molar-refractivity contribution >= 4 is 40.3 Å². The van der Waals surface area contributed by atoms with Crippen LogP contribution < -0.4 is 5.32 Å². The van der Waals surface area contributed by atoms with E-state index in [2.05, 4.69) is 19.2 Å². The van der Waals surface area contributed by atoms with Crippen LogP contribution in [0.3, 0.4) is 0 Å². The third kappa shape index (κ3) is 22.2. The van der Waals surface area contributed by atoms with Crippen molar-refractivity contribution < 1.29 is 39.3 Å². The number of hydrogen-bond acceptors (Lipinski definition) is 8. The van der Waals surface area contributed by atoms with Crippen LogP contribution in [0.15, 0.2) is 0 Å². The standard InChI is InChI=1S/C40H73NO8S/c1-4-6-8-10-12-14-16-18-20-22-24-26-28-30-35(45)40(50-39(49)34(44)32-42,37(38(47)48)41-33(3)43)36(46)31-29-27-25-23-21-19-17-15-13-11-9-7-5-2/h34,37,42,44H,4-32H2,1-3H3,(H,41,43)(H,47,48)/t34?,37-/m1/s1. The normalized spacial score (nSPS) is 12.8. The van der Waals surface area contributed by atoms with Gasteiger partial charge in [-0.15, -0.1) is 0 Å². The van der Waals surface area contributed by atoms with Crippen molar-refractivity contribution in [2.45, 2.75) is 217 Å².